The van der Waals surface area contributed by atoms with Gasteiger partial charge in [-0.3, -0.25) is 9.58 Å². The molecule has 1 aliphatic rings. The van der Waals surface area contributed by atoms with Crippen molar-refractivity contribution in [2.24, 2.45) is 0 Å². The highest BCUT2D eigenvalue weighted by Gasteiger charge is 2.32. The fourth-order valence-electron chi connectivity index (χ4n) is 2.72. The lowest BCUT2D eigenvalue weighted by molar-refractivity contribution is 0.102. The van der Waals surface area contributed by atoms with Crippen molar-refractivity contribution in [2.75, 3.05) is 26.2 Å². The zero-order chi connectivity index (χ0) is 14.9. The summed E-state index contributed by atoms with van der Waals surface area (Å²) >= 11 is 1.75. The summed E-state index contributed by atoms with van der Waals surface area (Å²) in [6, 6.07) is 0. The average molecular weight is 305 g/mol. The minimum Gasteiger partial charge on any atom is -0.314 e. The quantitative estimate of drug-likeness (QED) is 0.940. The summed E-state index contributed by atoms with van der Waals surface area (Å²) in [5.74, 6) is 0. The van der Waals surface area contributed by atoms with Crippen molar-refractivity contribution >= 4 is 11.3 Å². The molecule has 1 aliphatic heterocycles. The predicted octanol–water partition coefficient (Wildman–Crippen LogP) is 2.17. The summed E-state index contributed by atoms with van der Waals surface area (Å²) in [7, 11) is 0. The van der Waals surface area contributed by atoms with Crippen LogP contribution in [-0.4, -0.2) is 45.8 Å². The maximum Gasteiger partial charge on any atom is 0.113 e. The van der Waals surface area contributed by atoms with Gasteiger partial charge < -0.3 is 5.32 Å². The van der Waals surface area contributed by atoms with Crippen LogP contribution in [0.2, 0.25) is 0 Å². The topological polar surface area (TPSA) is 46.0 Å². The molecule has 0 aromatic carbocycles. The van der Waals surface area contributed by atoms with Gasteiger partial charge in [0.1, 0.15) is 5.01 Å². The number of nitrogens with one attached hydrogen (secondary N) is 1. The van der Waals surface area contributed by atoms with Crippen LogP contribution in [0.3, 0.4) is 0 Å². The minimum absolute atomic E-state index is 0.00817. The molecule has 0 spiro atoms. The maximum atomic E-state index is 4.88. The van der Waals surface area contributed by atoms with Crippen LogP contribution in [-0.2, 0) is 12.1 Å². The van der Waals surface area contributed by atoms with E-state index in [1.54, 1.807) is 11.3 Å². The third-order valence-electron chi connectivity index (χ3n) is 4.19. The lowest BCUT2D eigenvalue weighted by atomic mass is 10.0. The maximum absolute atomic E-state index is 4.88. The Balaban J connectivity index is 1.83. The van der Waals surface area contributed by atoms with Gasteiger partial charge in [0.2, 0.25) is 0 Å². The normalized spacial score (nSPS) is 17.3. The number of hydrogen-bond donors (Lipinski definition) is 1. The first kappa shape index (κ1) is 14.7. The molecule has 5 nitrogen and oxygen atoms in total. The second kappa shape index (κ2) is 5.87. The molecule has 3 heterocycles. The van der Waals surface area contributed by atoms with Crippen LogP contribution in [0.1, 0.15) is 25.8 Å². The molecule has 6 heteroatoms. The molecule has 1 fully saturated rings. The Morgan fingerprint density at radius 3 is 2.76 bits per heavy atom. The van der Waals surface area contributed by atoms with Gasteiger partial charge in [-0.05, 0) is 20.8 Å². The number of rotatable bonds is 4. The summed E-state index contributed by atoms with van der Waals surface area (Å²) < 4.78 is 1.94. The van der Waals surface area contributed by atoms with Crippen molar-refractivity contribution in [3.63, 3.8) is 0 Å². The van der Waals surface area contributed by atoms with Crippen LogP contribution in [0.15, 0.2) is 17.8 Å². The molecule has 1 N–H and O–H groups in total. The smallest absolute Gasteiger partial charge is 0.113 e. The number of aromatic nitrogens is 3. The van der Waals surface area contributed by atoms with Crippen molar-refractivity contribution < 1.29 is 0 Å². The van der Waals surface area contributed by atoms with Gasteiger partial charge in [0.05, 0.1) is 17.4 Å². The standard InChI is InChI=1S/C15H23N5S/c1-4-20-10-12(9-17-20)13-11-21-14(18-13)15(2,3)19-7-5-16-6-8-19/h9-11,16H,4-8H2,1-3H3. The summed E-state index contributed by atoms with van der Waals surface area (Å²) in [5.41, 5.74) is 2.14. The molecule has 2 aromatic heterocycles. The lowest BCUT2D eigenvalue weighted by Crippen LogP contribution is -2.51. The van der Waals surface area contributed by atoms with Crippen molar-refractivity contribution in [3.8, 4) is 11.3 Å². The van der Waals surface area contributed by atoms with E-state index in [2.05, 4.69) is 47.7 Å². The van der Waals surface area contributed by atoms with Gasteiger partial charge in [-0.15, -0.1) is 11.3 Å². The molecule has 0 amide bonds. The Kier molecular flexibility index (Phi) is 4.10. The van der Waals surface area contributed by atoms with E-state index in [0.717, 1.165) is 44.0 Å². The van der Waals surface area contributed by atoms with Gasteiger partial charge in [-0.25, -0.2) is 4.98 Å². The fraction of sp³-hybridized carbons (Fsp3) is 0.600. The summed E-state index contributed by atoms with van der Waals surface area (Å²) in [4.78, 5) is 7.39. The fourth-order valence-corrected chi connectivity index (χ4v) is 3.70. The number of aryl methyl sites for hydroxylation is 1. The first-order valence-corrected chi connectivity index (χ1v) is 8.44. The van der Waals surface area contributed by atoms with E-state index < -0.39 is 0 Å². The summed E-state index contributed by atoms with van der Waals surface area (Å²) in [6.45, 7) is 11.8. The third-order valence-corrected chi connectivity index (χ3v) is 5.34. The second-order valence-electron chi connectivity index (χ2n) is 5.92. The molecule has 1 saturated heterocycles. The Morgan fingerprint density at radius 2 is 2.10 bits per heavy atom. The predicted molar refractivity (Wildman–Crippen MR) is 86.5 cm³/mol. The van der Waals surface area contributed by atoms with E-state index in [9.17, 15) is 0 Å². The summed E-state index contributed by atoms with van der Waals surface area (Å²) in [6.07, 6.45) is 3.97. The zero-order valence-electron chi connectivity index (χ0n) is 13.0. The Bertz CT molecular complexity index is 595. The first-order valence-electron chi connectivity index (χ1n) is 7.56. The second-order valence-corrected chi connectivity index (χ2v) is 6.78. The van der Waals surface area contributed by atoms with Gasteiger partial charge in [0.25, 0.3) is 0 Å². The zero-order valence-corrected chi connectivity index (χ0v) is 13.8. The van der Waals surface area contributed by atoms with E-state index in [1.807, 2.05) is 10.9 Å². The molecule has 0 unspecified atom stereocenters. The molecule has 0 radical (unpaired) electrons. The van der Waals surface area contributed by atoms with Crippen LogP contribution in [0.4, 0.5) is 0 Å². The van der Waals surface area contributed by atoms with Crippen molar-refractivity contribution in [2.45, 2.75) is 32.9 Å². The number of nitrogens with zero attached hydrogens (tertiary/aromatic N) is 4. The van der Waals surface area contributed by atoms with Gasteiger partial charge in [0.15, 0.2) is 0 Å². The van der Waals surface area contributed by atoms with Crippen LogP contribution < -0.4 is 5.32 Å². The molecule has 21 heavy (non-hydrogen) atoms. The molecule has 0 aliphatic carbocycles. The van der Waals surface area contributed by atoms with Crippen LogP contribution in [0, 0.1) is 0 Å². The monoisotopic (exact) mass is 305 g/mol. The molecule has 2 aromatic rings. The van der Waals surface area contributed by atoms with Crippen LogP contribution in [0.5, 0.6) is 0 Å². The van der Waals surface area contributed by atoms with E-state index in [0.29, 0.717) is 0 Å². The van der Waals surface area contributed by atoms with Gasteiger partial charge >= 0.3 is 0 Å². The number of thiazole rings is 1. The SMILES string of the molecule is CCn1cc(-c2csc(C(C)(C)N3CCNCC3)n2)cn1. The molecular formula is C15H23N5S. The van der Waals surface area contributed by atoms with Gasteiger partial charge in [-0.1, -0.05) is 0 Å². The molecule has 0 bridgehead atoms. The molecule has 0 atom stereocenters. The minimum atomic E-state index is -0.00817. The van der Waals surface area contributed by atoms with Crippen LogP contribution >= 0.6 is 11.3 Å². The average Bonchev–Trinajstić information content (AvgIpc) is 3.17. The molecule has 3 rings (SSSR count). The van der Waals surface area contributed by atoms with Crippen molar-refractivity contribution in [1.29, 1.82) is 0 Å². The van der Waals surface area contributed by atoms with Gasteiger partial charge in [0, 0.05) is 49.9 Å². The Labute approximate surface area is 130 Å². The molecule has 0 saturated carbocycles. The Hall–Kier alpha value is -1.24. The number of piperazine rings is 1. The van der Waals surface area contributed by atoms with Crippen molar-refractivity contribution in [1.82, 2.24) is 25.0 Å². The third kappa shape index (κ3) is 2.88. The highest BCUT2D eigenvalue weighted by Crippen LogP contribution is 2.33. The van der Waals surface area contributed by atoms with E-state index >= 15 is 0 Å². The Morgan fingerprint density at radius 1 is 1.33 bits per heavy atom. The van der Waals surface area contributed by atoms with E-state index in [1.165, 1.54) is 5.01 Å². The summed E-state index contributed by atoms with van der Waals surface area (Å²) in [5, 5.41) is 11.1. The largest absolute Gasteiger partial charge is 0.314 e. The van der Waals surface area contributed by atoms with Gasteiger partial charge in [-0.2, -0.15) is 5.10 Å². The number of hydrogen-bond acceptors (Lipinski definition) is 5. The molecular weight excluding hydrogens is 282 g/mol. The lowest BCUT2D eigenvalue weighted by Gasteiger charge is -2.39. The van der Waals surface area contributed by atoms with Crippen LogP contribution in [0.25, 0.3) is 11.3 Å². The first-order chi connectivity index (χ1) is 10.1. The molecule has 114 valence electrons. The van der Waals surface area contributed by atoms with E-state index in [-0.39, 0.29) is 5.54 Å². The van der Waals surface area contributed by atoms with Crippen molar-refractivity contribution in [3.05, 3.63) is 22.8 Å². The van der Waals surface area contributed by atoms with E-state index in [4.69, 9.17) is 4.98 Å². The highest BCUT2D eigenvalue weighted by atomic mass is 32.1. The highest BCUT2D eigenvalue weighted by molar-refractivity contribution is 7.10.